The van der Waals surface area contributed by atoms with Crippen molar-refractivity contribution in [1.29, 1.82) is 0 Å². The molecule has 0 saturated heterocycles. The number of rotatable bonds is 11. The molecule has 122 valence electrons. The van der Waals surface area contributed by atoms with Crippen LogP contribution in [0.4, 0.5) is 5.82 Å². The second-order valence-electron chi connectivity index (χ2n) is 5.39. The van der Waals surface area contributed by atoms with E-state index in [2.05, 4.69) is 29.3 Å². The van der Waals surface area contributed by atoms with Gasteiger partial charge in [0, 0.05) is 53.0 Å². The van der Waals surface area contributed by atoms with Crippen molar-refractivity contribution >= 4 is 5.82 Å². The Morgan fingerprint density at radius 2 is 2.10 bits per heavy atom. The highest BCUT2D eigenvalue weighted by Crippen LogP contribution is 2.22. The first kappa shape index (κ1) is 17.9. The highest BCUT2D eigenvalue weighted by Gasteiger charge is 2.16. The van der Waals surface area contributed by atoms with Gasteiger partial charge in [0.05, 0.1) is 12.3 Å². The minimum atomic E-state index is 0.281. The summed E-state index contributed by atoms with van der Waals surface area (Å²) >= 11 is 0. The zero-order chi connectivity index (χ0) is 15.7. The van der Waals surface area contributed by atoms with Gasteiger partial charge in [0.15, 0.2) is 0 Å². The topological polar surface area (TPSA) is 62.5 Å². The molecule has 1 aromatic rings. The van der Waals surface area contributed by atoms with E-state index in [1.165, 1.54) is 11.4 Å². The Bertz CT molecular complexity index is 407. The van der Waals surface area contributed by atoms with Crippen LogP contribution in [0.3, 0.4) is 0 Å². The van der Waals surface area contributed by atoms with Gasteiger partial charge in [-0.2, -0.15) is 5.10 Å². The minimum absolute atomic E-state index is 0.281. The quantitative estimate of drug-likeness (QED) is 0.598. The predicted octanol–water partition coefficient (Wildman–Crippen LogP) is 1.06. The van der Waals surface area contributed by atoms with Crippen molar-refractivity contribution in [2.45, 2.75) is 32.7 Å². The molecule has 0 spiro atoms. The summed E-state index contributed by atoms with van der Waals surface area (Å²) in [4.78, 5) is 2.25. The van der Waals surface area contributed by atoms with Crippen molar-refractivity contribution < 1.29 is 9.84 Å². The van der Waals surface area contributed by atoms with Crippen LogP contribution < -0.4 is 10.2 Å². The predicted molar refractivity (Wildman–Crippen MR) is 85.7 cm³/mol. The molecule has 0 atom stereocenters. The van der Waals surface area contributed by atoms with E-state index < -0.39 is 0 Å². The first-order valence-corrected chi connectivity index (χ1v) is 7.66. The number of ether oxygens (including phenoxy) is 1. The third-order valence-electron chi connectivity index (χ3n) is 3.61. The van der Waals surface area contributed by atoms with Gasteiger partial charge in [-0.1, -0.05) is 0 Å². The fourth-order valence-corrected chi connectivity index (χ4v) is 2.51. The van der Waals surface area contributed by atoms with Crippen LogP contribution in [-0.2, 0) is 18.3 Å². The van der Waals surface area contributed by atoms with Crippen LogP contribution in [0.15, 0.2) is 0 Å². The Hall–Kier alpha value is -1.11. The number of unbranched alkanes of at least 4 members (excludes halogenated alkanes) is 2. The summed E-state index contributed by atoms with van der Waals surface area (Å²) in [5, 5.41) is 16.8. The minimum Gasteiger partial charge on any atom is -0.396 e. The lowest BCUT2D eigenvalue weighted by Crippen LogP contribution is -2.25. The lowest BCUT2D eigenvalue weighted by molar-refractivity contribution is 0.199. The normalized spacial score (nSPS) is 11.1. The van der Waals surface area contributed by atoms with Crippen LogP contribution in [0.1, 0.15) is 30.5 Å². The number of nitrogens with zero attached hydrogens (tertiary/aromatic N) is 3. The monoisotopic (exact) mass is 298 g/mol. The Morgan fingerprint density at radius 1 is 1.33 bits per heavy atom. The molecular formula is C15H30N4O2. The summed E-state index contributed by atoms with van der Waals surface area (Å²) in [6.45, 7) is 5.67. The van der Waals surface area contributed by atoms with Gasteiger partial charge in [-0.15, -0.1) is 0 Å². The lowest BCUT2D eigenvalue weighted by Gasteiger charge is -2.21. The molecule has 0 fully saturated rings. The maximum absolute atomic E-state index is 8.83. The third kappa shape index (κ3) is 5.65. The molecular weight excluding hydrogens is 268 g/mol. The Kier molecular flexibility index (Phi) is 8.34. The fraction of sp³-hybridized carbons (Fsp3) is 0.800. The highest BCUT2D eigenvalue weighted by atomic mass is 16.5. The van der Waals surface area contributed by atoms with Crippen molar-refractivity contribution in [3.05, 3.63) is 11.3 Å². The number of hydrogen-bond acceptors (Lipinski definition) is 5. The van der Waals surface area contributed by atoms with E-state index in [0.717, 1.165) is 44.6 Å². The van der Waals surface area contributed by atoms with Gasteiger partial charge in [-0.25, -0.2) is 0 Å². The molecule has 0 saturated carbocycles. The molecule has 1 rings (SSSR count). The smallest absolute Gasteiger partial charge is 0.131 e. The van der Waals surface area contributed by atoms with Crippen LogP contribution in [0.2, 0.25) is 0 Å². The molecule has 0 aliphatic carbocycles. The lowest BCUT2D eigenvalue weighted by atomic mass is 10.2. The Labute approximate surface area is 128 Å². The fourth-order valence-electron chi connectivity index (χ4n) is 2.51. The number of nitrogens with one attached hydrogen (secondary N) is 1. The zero-order valence-electron chi connectivity index (χ0n) is 13.9. The van der Waals surface area contributed by atoms with Gasteiger partial charge in [0.1, 0.15) is 5.82 Å². The Balaban J connectivity index is 2.62. The van der Waals surface area contributed by atoms with Gasteiger partial charge >= 0.3 is 0 Å². The number of aryl methyl sites for hydroxylation is 2. The summed E-state index contributed by atoms with van der Waals surface area (Å²) in [5.41, 5.74) is 2.32. The molecule has 0 aliphatic heterocycles. The standard InChI is InChI=1S/C15H30N4O2/c1-13-14(12-16-8-11-21-4)15(19(3)17-13)18(2)9-6-5-7-10-20/h16,20H,5-12H2,1-4H3. The van der Waals surface area contributed by atoms with Crippen LogP contribution in [0.25, 0.3) is 0 Å². The van der Waals surface area contributed by atoms with Crippen molar-refractivity contribution in [1.82, 2.24) is 15.1 Å². The van der Waals surface area contributed by atoms with Gasteiger partial charge in [-0.05, 0) is 26.2 Å². The molecule has 0 aliphatic rings. The number of anilines is 1. The molecule has 0 amide bonds. The largest absolute Gasteiger partial charge is 0.396 e. The van der Waals surface area contributed by atoms with Gasteiger partial charge in [0.2, 0.25) is 0 Å². The first-order chi connectivity index (χ1) is 10.1. The molecule has 0 radical (unpaired) electrons. The summed E-state index contributed by atoms with van der Waals surface area (Å²) < 4.78 is 7.01. The SMILES string of the molecule is COCCNCc1c(C)nn(C)c1N(C)CCCCCO. The van der Waals surface area contributed by atoms with E-state index in [1.54, 1.807) is 7.11 Å². The van der Waals surface area contributed by atoms with Crippen molar-refractivity contribution in [3.8, 4) is 0 Å². The van der Waals surface area contributed by atoms with Crippen molar-refractivity contribution in [2.75, 3.05) is 45.4 Å². The van der Waals surface area contributed by atoms with Crippen LogP contribution in [0, 0.1) is 6.92 Å². The van der Waals surface area contributed by atoms with E-state index in [4.69, 9.17) is 9.84 Å². The van der Waals surface area contributed by atoms with E-state index >= 15 is 0 Å². The Morgan fingerprint density at radius 3 is 2.76 bits per heavy atom. The van der Waals surface area contributed by atoms with E-state index in [9.17, 15) is 0 Å². The third-order valence-corrected chi connectivity index (χ3v) is 3.61. The van der Waals surface area contributed by atoms with Gasteiger partial charge < -0.3 is 20.1 Å². The van der Waals surface area contributed by atoms with Crippen molar-refractivity contribution in [3.63, 3.8) is 0 Å². The maximum Gasteiger partial charge on any atom is 0.131 e. The van der Waals surface area contributed by atoms with Gasteiger partial charge in [0.25, 0.3) is 0 Å². The van der Waals surface area contributed by atoms with Crippen molar-refractivity contribution in [2.24, 2.45) is 7.05 Å². The summed E-state index contributed by atoms with van der Waals surface area (Å²) in [6, 6.07) is 0. The number of hydrogen-bond donors (Lipinski definition) is 2. The average molecular weight is 298 g/mol. The zero-order valence-corrected chi connectivity index (χ0v) is 13.9. The highest BCUT2D eigenvalue weighted by molar-refractivity contribution is 5.49. The van der Waals surface area contributed by atoms with Crippen LogP contribution in [0.5, 0.6) is 0 Å². The second kappa shape index (κ2) is 9.76. The summed E-state index contributed by atoms with van der Waals surface area (Å²) in [5.74, 6) is 1.17. The van der Waals surface area contributed by atoms with Crippen LogP contribution >= 0.6 is 0 Å². The molecule has 1 aromatic heterocycles. The molecule has 6 heteroatoms. The maximum atomic E-state index is 8.83. The molecule has 21 heavy (non-hydrogen) atoms. The number of methoxy groups -OCH3 is 1. The van der Waals surface area contributed by atoms with E-state index in [0.29, 0.717) is 6.61 Å². The number of aromatic nitrogens is 2. The molecule has 1 heterocycles. The molecule has 0 bridgehead atoms. The first-order valence-electron chi connectivity index (χ1n) is 7.66. The number of aliphatic hydroxyl groups is 1. The second-order valence-corrected chi connectivity index (χ2v) is 5.39. The van der Waals surface area contributed by atoms with E-state index in [1.807, 2.05) is 11.7 Å². The molecule has 0 unspecified atom stereocenters. The van der Waals surface area contributed by atoms with E-state index in [-0.39, 0.29) is 6.61 Å². The molecule has 0 aromatic carbocycles. The number of aliphatic hydroxyl groups excluding tert-OH is 1. The molecule has 2 N–H and O–H groups in total. The molecule has 6 nitrogen and oxygen atoms in total. The van der Waals surface area contributed by atoms with Gasteiger partial charge in [-0.3, -0.25) is 4.68 Å². The summed E-state index contributed by atoms with van der Waals surface area (Å²) in [6.07, 6.45) is 3.01. The van der Waals surface area contributed by atoms with Crippen LogP contribution in [-0.4, -0.2) is 55.3 Å². The average Bonchev–Trinajstić information content (AvgIpc) is 2.74. The summed E-state index contributed by atoms with van der Waals surface area (Å²) in [7, 11) is 5.81.